The average Bonchev–Trinajstić information content (AvgIpc) is 2.44. The lowest BCUT2D eigenvalue weighted by atomic mass is 9.77. The molecular formula is C15H17BrF2O. The highest BCUT2D eigenvalue weighted by atomic mass is 79.9. The van der Waals surface area contributed by atoms with Crippen molar-refractivity contribution in [3.05, 3.63) is 33.8 Å². The number of hydrogen-bond donors (Lipinski definition) is 0. The van der Waals surface area contributed by atoms with Gasteiger partial charge < -0.3 is 0 Å². The first-order valence-corrected chi connectivity index (χ1v) is 7.51. The van der Waals surface area contributed by atoms with Crippen molar-refractivity contribution < 1.29 is 13.6 Å². The van der Waals surface area contributed by atoms with Gasteiger partial charge in [0, 0.05) is 11.5 Å². The Balaban J connectivity index is 2.22. The monoisotopic (exact) mass is 330 g/mol. The number of hydrogen-bond acceptors (Lipinski definition) is 1. The molecule has 4 heteroatoms. The van der Waals surface area contributed by atoms with E-state index in [1.807, 2.05) is 0 Å². The standard InChI is InChI=1S/C15H17BrF2O/c1-2-9-4-3-5-10(8-9)15(19)11-6-7-12(17)14(18)13(11)16/h6-7,9-10H,2-5,8H2,1H3. The van der Waals surface area contributed by atoms with Crippen molar-refractivity contribution in [2.75, 3.05) is 0 Å². The summed E-state index contributed by atoms with van der Waals surface area (Å²) in [5.74, 6) is -1.46. The number of Topliss-reactive ketones (excluding diaryl/α,β-unsaturated/α-hetero) is 1. The van der Waals surface area contributed by atoms with E-state index in [-0.39, 0.29) is 21.7 Å². The maximum atomic E-state index is 13.5. The minimum atomic E-state index is -0.978. The first-order valence-electron chi connectivity index (χ1n) is 6.72. The van der Waals surface area contributed by atoms with Crippen molar-refractivity contribution in [3.8, 4) is 0 Å². The van der Waals surface area contributed by atoms with Crippen molar-refractivity contribution in [3.63, 3.8) is 0 Å². The van der Waals surface area contributed by atoms with Crippen LogP contribution < -0.4 is 0 Å². The summed E-state index contributed by atoms with van der Waals surface area (Å²) in [6.07, 6.45) is 4.99. The molecule has 0 saturated heterocycles. The molecule has 1 aromatic carbocycles. The summed E-state index contributed by atoms with van der Waals surface area (Å²) in [6, 6.07) is 2.40. The van der Waals surface area contributed by atoms with Crippen molar-refractivity contribution in [2.45, 2.75) is 39.0 Å². The lowest BCUT2D eigenvalue weighted by molar-refractivity contribution is 0.0860. The molecule has 1 fully saturated rings. The Labute approximate surface area is 120 Å². The van der Waals surface area contributed by atoms with Gasteiger partial charge in [0.05, 0.1) is 4.47 Å². The van der Waals surface area contributed by atoms with Crippen molar-refractivity contribution in [1.82, 2.24) is 0 Å². The number of carbonyl (C=O) groups excluding carboxylic acids is 1. The van der Waals surface area contributed by atoms with E-state index in [1.54, 1.807) is 0 Å². The normalized spacial score (nSPS) is 23.4. The molecule has 2 atom stereocenters. The second-order valence-corrected chi connectivity index (χ2v) is 6.02. The number of halogens is 3. The first kappa shape index (κ1) is 14.6. The van der Waals surface area contributed by atoms with Crippen LogP contribution in [0.3, 0.4) is 0 Å². The van der Waals surface area contributed by atoms with E-state index in [1.165, 1.54) is 12.5 Å². The smallest absolute Gasteiger partial charge is 0.173 e. The summed E-state index contributed by atoms with van der Waals surface area (Å²) in [4.78, 5) is 12.4. The predicted octanol–water partition coefficient (Wildman–Crippen LogP) is 5.13. The SMILES string of the molecule is CCC1CCCC(C(=O)c2ccc(F)c(F)c2Br)C1. The fourth-order valence-corrected chi connectivity index (χ4v) is 3.35. The number of carbonyl (C=O) groups is 1. The Hall–Kier alpha value is -0.770. The second-order valence-electron chi connectivity index (χ2n) is 5.22. The minimum absolute atomic E-state index is 0.0453. The quantitative estimate of drug-likeness (QED) is 0.554. The lowest BCUT2D eigenvalue weighted by Crippen LogP contribution is -2.23. The van der Waals surface area contributed by atoms with Crippen LogP contribution in [0, 0.1) is 23.5 Å². The summed E-state index contributed by atoms with van der Waals surface area (Å²) < 4.78 is 26.5. The molecule has 19 heavy (non-hydrogen) atoms. The summed E-state index contributed by atoms with van der Waals surface area (Å²) in [5, 5.41) is 0. The van der Waals surface area contributed by atoms with Crippen LogP contribution in [0.4, 0.5) is 8.78 Å². The van der Waals surface area contributed by atoms with Crippen LogP contribution >= 0.6 is 15.9 Å². The molecule has 0 amide bonds. The molecular weight excluding hydrogens is 314 g/mol. The van der Waals surface area contributed by atoms with Crippen molar-refractivity contribution in [2.24, 2.45) is 11.8 Å². The van der Waals surface area contributed by atoms with Crippen LogP contribution in [-0.4, -0.2) is 5.78 Å². The van der Waals surface area contributed by atoms with Crippen LogP contribution in [0.2, 0.25) is 0 Å². The average molecular weight is 331 g/mol. The van der Waals surface area contributed by atoms with Crippen LogP contribution in [0.5, 0.6) is 0 Å². The van der Waals surface area contributed by atoms with Gasteiger partial charge >= 0.3 is 0 Å². The van der Waals surface area contributed by atoms with Gasteiger partial charge in [-0.25, -0.2) is 8.78 Å². The van der Waals surface area contributed by atoms with Gasteiger partial charge in [0.25, 0.3) is 0 Å². The fraction of sp³-hybridized carbons (Fsp3) is 0.533. The van der Waals surface area contributed by atoms with Gasteiger partial charge in [0.1, 0.15) is 0 Å². The van der Waals surface area contributed by atoms with Crippen LogP contribution in [-0.2, 0) is 0 Å². The molecule has 104 valence electrons. The van der Waals surface area contributed by atoms with E-state index >= 15 is 0 Å². The van der Waals surface area contributed by atoms with Gasteiger partial charge in [-0.2, -0.15) is 0 Å². The van der Waals surface area contributed by atoms with Gasteiger partial charge in [-0.15, -0.1) is 0 Å². The van der Waals surface area contributed by atoms with E-state index in [2.05, 4.69) is 22.9 Å². The third-order valence-corrected chi connectivity index (χ3v) is 4.81. The maximum absolute atomic E-state index is 13.5. The summed E-state index contributed by atoms with van der Waals surface area (Å²) >= 11 is 2.99. The fourth-order valence-electron chi connectivity index (χ4n) is 2.84. The Morgan fingerprint density at radius 3 is 2.79 bits per heavy atom. The lowest BCUT2D eigenvalue weighted by Gasteiger charge is -2.27. The molecule has 1 nitrogen and oxygen atoms in total. The molecule has 0 N–H and O–H groups in total. The van der Waals surface area contributed by atoms with Crippen molar-refractivity contribution >= 4 is 21.7 Å². The molecule has 2 rings (SSSR count). The third-order valence-electron chi connectivity index (χ3n) is 4.03. The van der Waals surface area contributed by atoms with Gasteiger partial charge in [-0.1, -0.05) is 26.2 Å². The van der Waals surface area contributed by atoms with Gasteiger partial charge in [0.15, 0.2) is 17.4 Å². The van der Waals surface area contributed by atoms with Gasteiger partial charge in [-0.3, -0.25) is 4.79 Å². The van der Waals surface area contributed by atoms with Crippen LogP contribution in [0.15, 0.2) is 16.6 Å². The van der Waals surface area contributed by atoms with Gasteiger partial charge in [0.2, 0.25) is 0 Å². The zero-order valence-corrected chi connectivity index (χ0v) is 12.5. The van der Waals surface area contributed by atoms with E-state index in [4.69, 9.17) is 0 Å². The number of rotatable bonds is 3. The molecule has 0 heterocycles. The molecule has 2 unspecified atom stereocenters. The van der Waals surface area contributed by atoms with E-state index < -0.39 is 11.6 Å². The summed E-state index contributed by atoms with van der Waals surface area (Å²) in [7, 11) is 0. The number of ketones is 1. The predicted molar refractivity (Wildman–Crippen MR) is 74.1 cm³/mol. The van der Waals surface area contributed by atoms with Crippen molar-refractivity contribution in [1.29, 1.82) is 0 Å². The Bertz CT molecular complexity index is 487. The summed E-state index contributed by atoms with van der Waals surface area (Å²) in [5.41, 5.74) is 0.264. The highest BCUT2D eigenvalue weighted by Crippen LogP contribution is 2.35. The van der Waals surface area contributed by atoms with E-state index in [9.17, 15) is 13.6 Å². The first-order chi connectivity index (χ1) is 9.04. The Kier molecular flexibility index (Phi) is 4.71. The molecule has 1 aromatic rings. The maximum Gasteiger partial charge on any atom is 0.173 e. The molecule has 0 aliphatic heterocycles. The third kappa shape index (κ3) is 3.04. The molecule has 0 radical (unpaired) electrons. The van der Waals surface area contributed by atoms with Crippen LogP contribution in [0.1, 0.15) is 49.4 Å². The highest BCUT2D eigenvalue weighted by molar-refractivity contribution is 9.10. The zero-order valence-electron chi connectivity index (χ0n) is 10.9. The highest BCUT2D eigenvalue weighted by Gasteiger charge is 2.29. The zero-order chi connectivity index (χ0) is 14.0. The largest absolute Gasteiger partial charge is 0.294 e. The Morgan fingerprint density at radius 2 is 2.11 bits per heavy atom. The van der Waals surface area contributed by atoms with E-state index in [0.717, 1.165) is 31.7 Å². The summed E-state index contributed by atoms with van der Waals surface area (Å²) in [6.45, 7) is 2.13. The van der Waals surface area contributed by atoms with Crippen LogP contribution in [0.25, 0.3) is 0 Å². The Morgan fingerprint density at radius 1 is 1.37 bits per heavy atom. The molecule has 1 saturated carbocycles. The molecule has 0 aromatic heterocycles. The topological polar surface area (TPSA) is 17.1 Å². The number of benzene rings is 1. The molecule has 0 bridgehead atoms. The minimum Gasteiger partial charge on any atom is -0.294 e. The van der Waals surface area contributed by atoms with Gasteiger partial charge in [-0.05, 0) is 46.8 Å². The molecule has 1 aliphatic carbocycles. The second kappa shape index (κ2) is 6.12. The van der Waals surface area contributed by atoms with E-state index in [0.29, 0.717) is 5.92 Å². The molecule has 1 aliphatic rings. The molecule has 0 spiro atoms.